The molecular formula is C34H35NO4S. The molecule has 206 valence electrons. The molecule has 1 heterocycles. The van der Waals surface area contributed by atoms with E-state index in [4.69, 9.17) is 31.2 Å². The molecule has 0 bridgehead atoms. The maximum atomic E-state index is 6.61. The van der Waals surface area contributed by atoms with Crippen LogP contribution in [0.25, 0.3) is 0 Å². The molecule has 5 nitrogen and oxygen atoms in total. The van der Waals surface area contributed by atoms with Crippen LogP contribution in [0.2, 0.25) is 0 Å². The molecule has 5 rings (SSSR count). The SMILES string of the molecule is S=C1N[C@H](COCc2ccccc2)[C@@H](OCc2ccccc2)[C@H](OCc2ccccc2)[C@H]1OCc1ccccc1. The molecule has 0 radical (unpaired) electrons. The summed E-state index contributed by atoms with van der Waals surface area (Å²) in [6.07, 6.45) is -1.29. The number of rotatable bonds is 13. The lowest BCUT2D eigenvalue weighted by Crippen LogP contribution is -2.65. The molecule has 0 amide bonds. The zero-order valence-electron chi connectivity index (χ0n) is 22.4. The average Bonchev–Trinajstić information content (AvgIpc) is 3.01. The second kappa shape index (κ2) is 14.8. The van der Waals surface area contributed by atoms with Gasteiger partial charge in [0.1, 0.15) is 23.3 Å². The summed E-state index contributed by atoms with van der Waals surface area (Å²) in [5.41, 5.74) is 4.35. The highest BCUT2D eigenvalue weighted by molar-refractivity contribution is 7.80. The van der Waals surface area contributed by atoms with Gasteiger partial charge in [-0.2, -0.15) is 0 Å². The van der Waals surface area contributed by atoms with Crippen molar-refractivity contribution in [2.75, 3.05) is 6.61 Å². The lowest BCUT2D eigenvalue weighted by molar-refractivity contribution is -0.156. The number of hydrogen-bond donors (Lipinski definition) is 1. The van der Waals surface area contributed by atoms with Crippen molar-refractivity contribution in [3.8, 4) is 0 Å². The first-order valence-electron chi connectivity index (χ1n) is 13.6. The third-order valence-corrected chi connectivity index (χ3v) is 7.21. The van der Waals surface area contributed by atoms with E-state index in [-0.39, 0.29) is 12.1 Å². The Bertz CT molecular complexity index is 1290. The molecule has 1 fully saturated rings. The monoisotopic (exact) mass is 553 g/mol. The predicted octanol–water partition coefficient (Wildman–Crippen LogP) is 6.26. The van der Waals surface area contributed by atoms with Gasteiger partial charge in [0.25, 0.3) is 0 Å². The Morgan fingerprint density at radius 1 is 0.500 bits per heavy atom. The Balaban J connectivity index is 1.36. The molecule has 1 saturated heterocycles. The molecule has 0 aliphatic carbocycles. The summed E-state index contributed by atoms with van der Waals surface area (Å²) in [6, 6.07) is 40.3. The Morgan fingerprint density at radius 2 is 0.900 bits per heavy atom. The van der Waals surface area contributed by atoms with Crippen molar-refractivity contribution in [3.05, 3.63) is 144 Å². The molecule has 40 heavy (non-hydrogen) atoms. The second-order valence-corrected chi connectivity index (χ2v) is 10.3. The second-order valence-electron chi connectivity index (χ2n) is 9.86. The summed E-state index contributed by atoms with van der Waals surface area (Å²) in [6.45, 7) is 2.18. The van der Waals surface area contributed by atoms with E-state index < -0.39 is 12.2 Å². The van der Waals surface area contributed by atoms with E-state index in [0.717, 1.165) is 22.3 Å². The minimum absolute atomic E-state index is 0.211. The Morgan fingerprint density at radius 3 is 1.38 bits per heavy atom. The van der Waals surface area contributed by atoms with Crippen molar-refractivity contribution in [3.63, 3.8) is 0 Å². The van der Waals surface area contributed by atoms with E-state index in [1.807, 2.05) is 84.9 Å². The maximum Gasteiger partial charge on any atom is 0.137 e. The van der Waals surface area contributed by atoms with Gasteiger partial charge in [0.05, 0.1) is 39.1 Å². The van der Waals surface area contributed by atoms with Gasteiger partial charge in [0.15, 0.2) is 0 Å². The number of nitrogens with one attached hydrogen (secondary N) is 1. The number of ether oxygens (including phenoxy) is 4. The Labute approximate surface area is 242 Å². The van der Waals surface area contributed by atoms with Gasteiger partial charge in [0, 0.05) is 0 Å². The molecule has 4 atom stereocenters. The molecule has 1 aliphatic rings. The quantitative estimate of drug-likeness (QED) is 0.197. The molecule has 6 heteroatoms. The van der Waals surface area contributed by atoms with E-state index in [1.54, 1.807) is 0 Å². The third kappa shape index (κ3) is 8.07. The van der Waals surface area contributed by atoms with Gasteiger partial charge in [-0.05, 0) is 22.3 Å². The highest BCUT2D eigenvalue weighted by Gasteiger charge is 2.45. The lowest BCUT2D eigenvalue weighted by Gasteiger charge is -2.43. The molecule has 4 aromatic rings. The molecule has 0 spiro atoms. The van der Waals surface area contributed by atoms with Crippen molar-refractivity contribution in [1.82, 2.24) is 5.32 Å². The molecule has 0 aromatic heterocycles. The predicted molar refractivity (Wildman–Crippen MR) is 161 cm³/mol. The van der Waals surface area contributed by atoms with Crippen LogP contribution in [0.15, 0.2) is 121 Å². The van der Waals surface area contributed by atoms with Crippen LogP contribution in [0.3, 0.4) is 0 Å². The lowest BCUT2D eigenvalue weighted by atomic mass is 9.95. The maximum absolute atomic E-state index is 6.61. The minimum Gasteiger partial charge on any atom is -0.375 e. The van der Waals surface area contributed by atoms with E-state index in [2.05, 4.69) is 41.7 Å². The first-order valence-corrected chi connectivity index (χ1v) is 14.1. The van der Waals surface area contributed by atoms with E-state index in [1.165, 1.54) is 0 Å². The third-order valence-electron chi connectivity index (χ3n) is 6.86. The van der Waals surface area contributed by atoms with Crippen LogP contribution < -0.4 is 5.32 Å². The van der Waals surface area contributed by atoms with Crippen molar-refractivity contribution < 1.29 is 18.9 Å². The zero-order valence-corrected chi connectivity index (χ0v) is 23.2. The molecule has 1 N–H and O–H groups in total. The van der Waals surface area contributed by atoms with Gasteiger partial charge in [-0.1, -0.05) is 134 Å². The van der Waals surface area contributed by atoms with Crippen LogP contribution in [-0.2, 0) is 45.4 Å². The van der Waals surface area contributed by atoms with Gasteiger partial charge in [0.2, 0.25) is 0 Å². The molecular weight excluding hydrogens is 518 g/mol. The summed E-state index contributed by atoms with van der Waals surface area (Å²) in [5.74, 6) is 0. The van der Waals surface area contributed by atoms with Gasteiger partial charge in [-0.3, -0.25) is 0 Å². The zero-order chi connectivity index (χ0) is 27.4. The largest absolute Gasteiger partial charge is 0.375 e. The van der Waals surface area contributed by atoms with E-state index in [9.17, 15) is 0 Å². The fraction of sp³-hybridized carbons (Fsp3) is 0.265. The summed E-state index contributed by atoms with van der Waals surface area (Å²) in [4.78, 5) is 0.599. The first-order chi connectivity index (χ1) is 19.8. The highest BCUT2D eigenvalue weighted by Crippen LogP contribution is 2.26. The van der Waals surface area contributed by atoms with Crippen LogP contribution in [-0.4, -0.2) is 35.9 Å². The van der Waals surface area contributed by atoms with E-state index >= 15 is 0 Å². The van der Waals surface area contributed by atoms with Gasteiger partial charge in [-0.15, -0.1) is 0 Å². The molecule has 4 aromatic carbocycles. The Hall–Kier alpha value is -3.39. The summed E-state index contributed by atoms with van der Waals surface area (Å²) in [5, 5.41) is 3.48. The minimum atomic E-state index is -0.481. The van der Waals surface area contributed by atoms with Crippen molar-refractivity contribution in [1.29, 1.82) is 0 Å². The summed E-state index contributed by atoms with van der Waals surface area (Å²) >= 11 is 5.87. The summed E-state index contributed by atoms with van der Waals surface area (Å²) < 4.78 is 25.8. The number of benzene rings is 4. The van der Waals surface area contributed by atoms with Crippen molar-refractivity contribution in [2.24, 2.45) is 0 Å². The smallest absolute Gasteiger partial charge is 0.137 e. The van der Waals surface area contributed by atoms with Gasteiger partial charge < -0.3 is 24.3 Å². The van der Waals surface area contributed by atoms with Crippen molar-refractivity contribution in [2.45, 2.75) is 50.8 Å². The fourth-order valence-electron chi connectivity index (χ4n) is 4.77. The number of thiocarbonyl (C=S) groups is 1. The fourth-order valence-corrected chi connectivity index (χ4v) is 5.12. The first kappa shape index (κ1) is 28.1. The number of hydrogen-bond acceptors (Lipinski definition) is 5. The molecule has 0 saturated carbocycles. The Kier molecular flexibility index (Phi) is 10.4. The topological polar surface area (TPSA) is 49.0 Å². The summed E-state index contributed by atoms with van der Waals surface area (Å²) in [7, 11) is 0. The highest BCUT2D eigenvalue weighted by atomic mass is 32.1. The standard InChI is InChI=1S/C34H35NO4S/c40-34-33(39-24-29-19-11-4-12-20-29)32(38-23-28-17-9-3-10-18-28)31(37-22-27-15-7-2-8-16-27)30(35-34)25-36-21-26-13-5-1-6-14-26/h1-20,30-33H,21-25H2,(H,35,40)/t30-,31-,32+,33-/m1/s1. The average molecular weight is 554 g/mol. The van der Waals surface area contributed by atoms with Crippen molar-refractivity contribution >= 4 is 17.2 Å². The van der Waals surface area contributed by atoms with Crippen LogP contribution >= 0.6 is 12.2 Å². The van der Waals surface area contributed by atoms with Gasteiger partial charge >= 0.3 is 0 Å². The normalized spacial score (nSPS) is 20.6. The van der Waals surface area contributed by atoms with E-state index in [0.29, 0.717) is 38.0 Å². The van der Waals surface area contributed by atoms with Gasteiger partial charge in [-0.25, -0.2) is 0 Å². The van der Waals surface area contributed by atoms with Crippen LogP contribution in [0.5, 0.6) is 0 Å². The van der Waals surface area contributed by atoms with Crippen LogP contribution in [0, 0.1) is 0 Å². The number of piperidine rings is 1. The molecule has 0 unspecified atom stereocenters. The van der Waals surface area contributed by atoms with Crippen LogP contribution in [0.1, 0.15) is 22.3 Å². The molecule has 1 aliphatic heterocycles. The van der Waals surface area contributed by atoms with Crippen LogP contribution in [0.4, 0.5) is 0 Å².